The highest BCUT2D eigenvalue weighted by Crippen LogP contribution is 2.30. The number of rotatable bonds is 10. The monoisotopic (exact) mass is 429 g/mol. The lowest BCUT2D eigenvalue weighted by Crippen LogP contribution is -2.17. The number of non-ortho nitro benzene ring substituents is 1. The molecule has 0 saturated heterocycles. The lowest BCUT2D eigenvalue weighted by atomic mass is 10.2. The molecule has 0 atom stereocenters. The first kappa shape index (κ1) is 21.9. The number of carbonyl (C=O) groups excluding carboxylic acids is 1. The zero-order valence-corrected chi connectivity index (χ0v) is 17.3. The number of anilines is 1. The van der Waals surface area contributed by atoms with Gasteiger partial charge in [-0.2, -0.15) is 0 Å². The predicted molar refractivity (Wildman–Crippen MR) is 114 cm³/mol. The molecule has 164 valence electrons. The Morgan fingerprint density at radius 1 is 1.13 bits per heavy atom. The Kier molecular flexibility index (Phi) is 6.91. The zero-order chi connectivity index (χ0) is 22.4. The number of hydrogen-bond donors (Lipinski definition) is 1. The summed E-state index contributed by atoms with van der Waals surface area (Å²) in [6, 6.07) is 9.15. The van der Waals surface area contributed by atoms with Crippen molar-refractivity contribution in [3.8, 4) is 11.5 Å². The molecule has 10 nitrogen and oxygen atoms in total. The summed E-state index contributed by atoms with van der Waals surface area (Å²) in [5, 5.41) is 13.7. The Morgan fingerprint density at radius 3 is 2.58 bits per heavy atom. The maximum Gasteiger partial charge on any atom is 0.419 e. The Morgan fingerprint density at radius 2 is 1.87 bits per heavy atom. The maximum absolute atomic E-state index is 12.3. The van der Waals surface area contributed by atoms with Crippen LogP contribution in [0, 0.1) is 10.1 Å². The fraction of sp³-hybridized carbons (Fsp3) is 0.333. The molecular weight excluding hydrogens is 406 g/mol. The average molecular weight is 429 g/mol. The van der Waals surface area contributed by atoms with Crippen molar-refractivity contribution >= 4 is 28.4 Å². The molecule has 1 N–H and O–H groups in total. The Labute approximate surface area is 177 Å². The summed E-state index contributed by atoms with van der Waals surface area (Å²) < 4.78 is 17.5. The third-order valence-corrected chi connectivity index (χ3v) is 4.48. The molecule has 3 aromatic rings. The third-order valence-electron chi connectivity index (χ3n) is 4.48. The summed E-state index contributed by atoms with van der Waals surface area (Å²) >= 11 is 0. The van der Waals surface area contributed by atoms with Crippen LogP contribution in [-0.2, 0) is 11.3 Å². The second kappa shape index (κ2) is 9.79. The largest absolute Gasteiger partial charge is 0.490 e. The SMILES string of the molecule is CCOc1ccc(NC(=O)CCCn2c(=O)oc3cc([N+](=O)[O-])ccc32)cc1OCC. The molecule has 1 aromatic heterocycles. The number of oxazole rings is 1. The van der Waals surface area contributed by atoms with Gasteiger partial charge in [0.1, 0.15) is 0 Å². The molecule has 0 aliphatic heterocycles. The normalized spacial score (nSPS) is 10.8. The summed E-state index contributed by atoms with van der Waals surface area (Å²) in [4.78, 5) is 34.7. The van der Waals surface area contributed by atoms with E-state index in [0.29, 0.717) is 42.3 Å². The lowest BCUT2D eigenvalue weighted by molar-refractivity contribution is -0.384. The van der Waals surface area contributed by atoms with Gasteiger partial charge in [-0.3, -0.25) is 19.5 Å². The van der Waals surface area contributed by atoms with Crippen molar-refractivity contribution in [2.24, 2.45) is 0 Å². The van der Waals surface area contributed by atoms with Crippen molar-refractivity contribution in [3.05, 3.63) is 57.1 Å². The molecule has 0 aliphatic carbocycles. The molecule has 0 fully saturated rings. The van der Waals surface area contributed by atoms with Crippen LogP contribution in [0.5, 0.6) is 11.5 Å². The molecule has 1 amide bonds. The molecule has 0 aliphatic rings. The van der Waals surface area contributed by atoms with Gasteiger partial charge in [-0.25, -0.2) is 4.79 Å². The van der Waals surface area contributed by atoms with Crippen LogP contribution < -0.4 is 20.5 Å². The smallest absolute Gasteiger partial charge is 0.419 e. The number of nitrogens with zero attached hydrogens (tertiary/aromatic N) is 2. The number of carbonyl (C=O) groups is 1. The van der Waals surface area contributed by atoms with Crippen LogP contribution in [0.25, 0.3) is 11.1 Å². The molecular formula is C21H23N3O7. The quantitative estimate of drug-likeness (QED) is 0.384. The maximum atomic E-state index is 12.3. The van der Waals surface area contributed by atoms with Gasteiger partial charge >= 0.3 is 5.76 Å². The van der Waals surface area contributed by atoms with E-state index >= 15 is 0 Å². The van der Waals surface area contributed by atoms with E-state index < -0.39 is 10.7 Å². The summed E-state index contributed by atoms with van der Waals surface area (Å²) in [6.07, 6.45) is 0.552. The highest BCUT2D eigenvalue weighted by molar-refractivity contribution is 5.91. The second-order valence-electron chi connectivity index (χ2n) is 6.61. The number of nitro benzene ring substituents is 1. The van der Waals surface area contributed by atoms with Crippen molar-refractivity contribution in [3.63, 3.8) is 0 Å². The van der Waals surface area contributed by atoms with Crippen LogP contribution in [0.15, 0.2) is 45.6 Å². The van der Waals surface area contributed by atoms with Crippen LogP contribution in [0.4, 0.5) is 11.4 Å². The molecule has 31 heavy (non-hydrogen) atoms. The molecule has 1 heterocycles. The molecule has 0 unspecified atom stereocenters. The van der Waals surface area contributed by atoms with E-state index in [1.54, 1.807) is 18.2 Å². The molecule has 2 aromatic carbocycles. The van der Waals surface area contributed by atoms with Crippen molar-refractivity contribution in [1.29, 1.82) is 0 Å². The summed E-state index contributed by atoms with van der Waals surface area (Å²) in [5.41, 5.74) is 1.01. The standard InChI is InChI=1S/C21H23N3O7/c1-3-29-17-10-7-14(12-19(17)30-4-2)22-20(25)6-5-11-23-16-9-8-15(24(27)28)13-18(16)31-21(23)26/h7-10,12-13H,3-6,11H2,1-2H3,(H,22,25). The van der Waals surface area contributed by atoms with E-state index in [2.05, 4.69) is 5.32 Å². The minimum atomic E-state index is -0.622. The van der Waals surface area contributed by atoms with Crippen LogP contribution in [0.2, 0.25) is 0 Å². The van der Waals surface area contributed by atoms with Gasteiger partial charge in [0, 0.05) is 30.8 Å². The van der Waals surface area contributed by atoms with Crippen molar-refractivity contribution in [1.82, 2.24) is 4.57 Å². The molecule has 0 radical (unpaired) electrons. The van der Waals surface area contributed by atoms with Gasteiger partial charge in [0.2, 0.25) is 5.91 Å². The summed E-state index contributed by atoms with van der Waals surface area (Å²) in [5.74, 6) is 0.313. The highest BCUT2D eigenvalue weighted by Gasteiger charge is 2.14. The second-order valence-corrected chi connectivity index (χ2v) is 6.61. The zero-order valence-electron chi connectivity index (χ0n) is 17.3. The molecule has 10 heteroatoms. The number of nitrogens with one attached hydrogen (secondary N) is 1. The average Bonchev–Trinajstić information content (AvgIpc) is 3.04. The van der Waals surface area contributed by atoms with E-state index in [9.17, 15) is 19.7 Å². The van der Waals surface area contributed by atoms with Crippen LogP contribution in [0.1, 0.15) is 26.7 Å². The van der Waals surface area contributed by atoms with E-state index in [4.69, 9.17) is 13.9 Å². The van der Waals surface area contributed by atoms with Gasteiger partial charge < -0.3 is 19.2 Å². The summed E-state index contributed by atoms with van der Waals surface area (Å²) in [6.45, 7) is 4.95. The fourth-order valence-electron chi connectivity index (χ4n) is 3.13. The molecule has 0 spiro atoms. The molecule has 0 bridgehead atoms. The van der Waals surface area contributed by atoms with E-state index in [-0.39, 0.29) is 30.1 Å². The van der Waals surface area contributed by atoms with Gasteiger partial charge in [-0.1, -0.05) is 0 Å². The van der Waals surface area contributed by atoms with E-state index in [0.717, 1.165) is 0 Å². The highest BCUT2D eigenvalue weighted by atomic mass is 16.6. The van der Waals surface area contributed by atoms with E-state index in [1.165, 1.54) is 22.8 Å². The molecule has 3 rings (SSSR count). The summed E-state index contributed by atoms with van der Waals surface area (Å²) in [7, 11) is 0. The topological polar surface area (TPSA) is 126 Å². The van der Waals surface area contributed by atoms with Crippen molar-refractivity contribution < 1.29 is 23.6 Å². The fourth-order valence-corrected chi connectivity index (χ4v) is 3.13. The van der Waals surface area contributed by atoms with Crippen molar-refractivity contribution in [2.45, 2.75) is 33.2 Å². The van der Waals surface area contributed by atoms with Crippen molar-refractivity contribution in [2.75, 3.05) is 18.5 Å². The number of benzene rings is 2. The number of amides is 1. The Hall–Kier alpha value is -3.82. The Balaban J connectivity index is 1.62. The lowest BCUT2D eigenvalue weighted by Gasteiger charge is -2.13. The van der Waals surface area contributed by atoms with Crippen LogP contribution in [-0.4, -0.2) is 28.6 Å². The van der Waals surface area contributed by atoms with Gasteiger partial charge in [-0.15, -0.1) is 0 Å². The third kappa shape index (κ3) is 5.21. The Bertz CT molecular complexity index is 1150. The first-order valence-electron chi connectivity index (χ1n) is 9.90. The van der Waals surface area contributed by atoms with Gasteiger partial charge in [0.15, 0.2) is 17.1 Å². The van der Waals surface area contributed by atoms with Gasteiger partial charge in [0.05, 0.1) is 29.7 Å². The number of nitro groups is 1. The number of ether oxygens (including phenoxy) is 2. The first-order chi connectivity index (χ1) is 14.9. The minimum absolute atomic E-state index is 0.140. The van der Waals surface area contributed by atoms with Crippen LogP contribution >= 0.6 is 0 Å². The number of hydrogen-bond acceptors (Lipinski definition) is 7. The number of fused-ring (bicyclic) bond motifs is 1. The number of aryl methyl sites for hydroxylation is 1. The van der Waals surface area contributed by atoms with Gasteiger partial charge in [0.25, 0.3) is 5.69 Å². The minimum Gasteiger partial charge on any atom is -0.490 e. The molecule has 0 saturated carbocycles. The predicted octanol–water partition coefficient (Wildman–Crippen LogP) is 3.72. The van der Waals surface area contributed by atoms with Crippen LogP contribution in [0.3, 0.4) is 0 Å². The van der Waals surface area contributed by atoms with Gasteiger partial charge in [-0.05, 0) is 38.5 Å². The number of aromatic nitrogens is 1. The first-order valence-corrected chi connectivity index (χ1v) is 9.90. The van der Waals surface area contributed by atoms with E-state index in [1.807, 2.05) is 13.8 Å².